The molecular formula is C13H15FN2S. The maximum atomic E-state index is 12.9. The van der Waals surface area contributed by atoms with Gasteiger partial charge in [-0.05, 0) is 37.6 Å². The first-order valence-electron chi connectivity index (χ1n) is 5.56. The van der Waals surface area contributed by atoms with Gasteiger partial charge in [-0.2, -0.15) is 0 Å². The normalized spacial score (nSPS) is 10.5. The van der Waals surface area contributed by atoms with Crippen LogP contribution in [0.2, 0.25) is 0 Å². The average molecular weight is 250 g/mol. The topological polar surface area (TPSA) is 24.9 Å². The summed E-state index contributed by atoms with van der Waals surface area (Å²) in [6, 6.07) is 4.80. The van der Waals surface area contributed by atoms with Crippen molar-refractivity contribution in [2.45, 2.75) is 20.3 Å². The van der Waals surface area contributed by atoms with E-state index in [4.69, 9.17) is 0 Å². The number of hydrogen-bond acceptors (Lipinski definition) is 3. The van der Waals surface area contributed by atoms with E-state index in [1.165, 1.54) is 10.9 Å². The van der Waals surface area contributed by atoms with Crippen LogP contribution in [0.4, 0.5) is 10.1 Å². The van der Waals surface area contributed by atoms with Crippen LogP contribution in [0, 0.1) is 19.7 Å². The van der Waals surface area contributed by atoms with Crippen LogP contribution >= 0.6 is 11.3 Å². The van der Waals surface area contributed by atoms with E-state index >= 15 is 0 Å². The predicted molar refractivity (Wildman–Crippen MR) is 70.2 cm³/mol. The van der Waals surface area contributed by atoms with Crippen molar-refractivity contribution < 1.29 is 4.39 Å². The molecule has 1 aromatic heterocycles. The van der Waals surface area contributed by atoms with Gasteiger partial charge in [0.15, 0.2) is 0 Å². The first-order chi connectivity index (χ1) is 8.16. The molecule has 90 valence electrons. The van der Waals surface area contributed by atoms with E-state index in [1.807, 2.05) is 19.4 Å². The van der Waals surface area contributed by atoms with Crippen molar-refractivity contribution in [1.29, 1.82) is 0 Å². The molecule has 1 aromatic carbocycles. The number of nitrogens with zero attached hydrogens (tertiary/aromatic N) is 1. The van der Waals surface area contributed by atoms with Gasteiger partial charge in [-0.3, -0.25) is 0 Å². The van der Waals surface area contributed by atoms with Gasteiger partial charge in [0.1, 0.15) is 5.82 Å². The molecule has 0 saturated heterocycles. The van der Waals surface area contributed by atoms with E-state index in [2.05, 4.69) is 10.3 Å². The van der Waals surface area contributed by atoms with Gasteiger partial charge in [0.05, 0.1) is 11.2 Å². The van der Waals surface area contributed by atoms with E-state index in [9.17, 15) is 4.39 Å². The van der Waals surface area contributed by atoms with Gasteiger partial charge in [0.2, 0.25) is 0 Å². The van der Waals surface area contributed by atoms with Crippen molar-refractivity contribution in [2.75, 3.05) is 11.9 Å². The SMILES string of the molecule is Cc1cc(F)ccc1NCCc1scnc1C. The zero-order valence-corrected chi connectivity index (χ0v) is 10.8. The summed E-state index contributed by atoms with van der Waals surface area (Å²) in [5.41, 5.74) is 4.90. The second kappa shape index (κ2) is 5.27. The minimum atomic E-state index is -0.189. The molecule has 0 unspecified atom stereocenters. The second-order valence-electron chi connectivity index (χ2n) is 4.00. The number of rotatable bonds is 4. The fraction of sp³-hybridized carbons (Fsp3) is 0.308. The molecule has 0 radical (unpaired) electrons. The van der Waals surface area contributed by atoms with Crippen molar-refractivity contribution in [3.05, 3.63) is 45.7 Å². The summed E-state index contributed by atoms with van der Waals surface area (Å²) in [5, 5.41) is 3.32. The van der Waals surface area contributed by atoms with E-state index in [0.717, 1.165) is 29.9 Å². The van der Waals surface area contributed by atoms with Crippen LogP contribution in [-0.2, 0) is 6.42 Å². The fourth-order valence-corrected chi connectivity index (χ4v) is 2.48. The molecule has 2 aromatic rings. The Morgan fingerprint density at radius 3 is 2.82 bits per heavy atom. The van der Waals surface area contributed by atoms with Crippen molar-refractivity contribution in [2.24, 2.45) is 0 Å². The lowest BCUT2D eigenvalue weighted by atomic mass is 10.2. The smallest absolute Gasteiger partial charge is 0.123 e. The number of hydrogen-bond donors (Lipinski definition) is 1. The zero-order valence-electron chi connectivity index (χ0n) is 9.96. The number of anilines is 1. The number of aryl methyl sites for hydroxylation is 2. The number of nitrogens with one attached hydrogen (secondary N) is 1. The van der Waals surface area contributed by atoms with Crippen molar-refractivity contribution in [3.63, 3.8) is 0 Å². The van der Waals surface area contributed by atoms with Gasteiger partial charge in [-0.1, -0.05) is 0 Å². The largest absolute Gasteiger partial charge is 0.384 e. The lowest BCUT2D eigenvalue weighted by molar-refractivity contribution is 0.627. The molecule has 17 heavy (non-hydrogen) atoms. The highest BCUT2D eigenvalue weighted by Gasteiger charge is 2.02. The van der Waals surface area contributed by atoms with Crippen molar-refractivity contribution in [3.8, 4) is 0 Å². The molecule has 0 bridgehead atoms. The Labute approximate surface area is 105 Å². The molecule has 2 rings (SSSR count). The molecule has 2 nitrogen and oxygen atoms in total. The lowest BCUT2D eigenvalue weighted by Gasteiger charge is -2.08. The number of halogens is 1. The van der Waals surface area contributed by atoms with Crippen molar-refractivity contribution in [1.82, 2.24) is 4.98 Å². The maximum absolute atomic E-state index is 12.9. The lowest BCUT2D eigenvalue weighted by Crippen LogP contribution is -2.06. The quantitative estimate of drug-likeness (QED) is 0.897. The van der Waals surface area contributed by atoms with E-state index in [0.29, 0.717) is 0 Å². The number of benzene rings is 1. The first-order valence-corrected chi connectivity index (χ1v) is 6.44. The molecule has 0 spiro atoms. The summed E-state index contributed by atoms with van der Waals surface area (Å²) < 4.78 is 12.9. The third-order valence-electron chi connectivity index (χ3n) is 2.70. The van der Waals surface area contributed by atoms with Crippen LogP contribution in [-0.4, -0.2) is 11.5 Å². The molecule has 0 aliphatic carbocycles. The Bertz CT molecular complexity index is 508. The molecule has 1 N–H and O–H groups in total. The van der Waals surface area contributed by atoms with Gasteiger partial charge in [0.25, 0.3) is 0 Å². The Morgan fingerprint density at radius 1 is 1.35 bits per heavy atom. The molecular weight excluding hydrogens is 235 g/mol. The molecule has 4 heteroatoms. The van der Waals surface area contributed by atoms with E-state index < -0.39 is 0 Å². The molecule has 0 aliphatic heterocycles. The van der Waals surface area contributed by atoms with Crippen LogP contribution in [0.25, 0.3) is 0 Å². The zero-order chi connectivity index (χ0) is 12.3. The highest BCUT2D eigenvalue weighted by molar-refractivity contribution is 7.09. The molecule has 0 atom stereocenters. The first kappa shape index (κ1) is 12.0. The van der Waals surface area contributed by atoms with Gasteiger partial charge < -0.3 is 5.32 Å². The minimum Gasteiger partial charge on any atom is -0.384 e. The van der Waals surface area contributed by atoms with Gasteiger partial charge in [-0.15, -0.1) is 11.3 Å². The third-order valence-corrected chi connectivity index (χ3v) is 3.70. The Kier molecular flexibility index (Phi) is 3.74. The highest BCUT2D eigenvalue weighted by Crippen LogP contribution is 2.17. The van der Waals surface area contributed by atoms with E-state index in [1.54, 1.807) is 23.5 Å². The van der Waals surface area contributed by atoms with Gasteiger partial charge in [-0.25, -0.2) is 9.37 Å². The van der Waals surface area contributed by atoms with Crippen molar-refractivity contribution >= 4 is 17.0 Å². The Morgan fingerprint density at radius 2 is 2.18 bits per heavy atom. The van der Waals surface area contributed by atoms with Crippen LogP contribution in [0.5, 0.6) is 0 Å². The highest BCUT2D eigenvalue weighted by atomic mass is 32.1. The Hall–Kier alpha value is -1.42. The van der Waals surface area contributed by atoms with Crippen LogP contribution in [0.3, 0.4) is 0 Å². The monoisotopic (exact) mass is 250 g/mol. The predicted octanol–water partition coefficient (Wildman–Crippen LogP) is 3.55. The third kappa shape index (κ3) is 3.03. The summed E-state index contributed by atoms with van der Waals surface area (Å²) in [6.07, 6.45) is 0.952. The van der Waals surface area contributed by atoms with Gasteiger partial charge in [0, 0.05) is 23.5 Å². The Balaban J connectivity index is 1.92. The summed E-state index contributed by atoms with van der Waals surface area (Å²) in [7, 11) is 0. The number of thiazole rings is 1. The van der Waals surface area contributed by atoms with Crippen LogP contribution in [0.1, 0.15) is 16.1 Å². The molecule has 0 fully saturated rings. The minimum absolute atomic E-state index is 0.189. The van der Waals surface area contributed by atoms with E-state index in [-0.39, 0.29) is 5.82 Å². The second-order valence-corrected chi connectivity index (χ2v) is 4.94. The van der Waals surface area contributed by atoms with Crippen LogP contribution < -0.4 is 5.32 Å². The molecule has 0 aliphatic rings. The molecule has 0 amide bonds. The standard InChI is InChI=1S/C13H15FN2S/c1-9-7-11(14)3-4-12(9)15-6-5-13-10(2)16-8-17-13/h3-4,7-8,15H,5-6H2,1-2H3. The average Bonchev–Trinajstić information content (AvgIpc) is 2.68. The number of aromatic nitrogens is 1. The maximum Gasteiger partial charge on any atom is 0.123 e. The van der Waals surface area contributed by atoms with Crippen LogP contribution in [0.15, 0.2) is 23.7 Å². The summed E-state index contributed by atoms with van der Waals surface area (Å²) >= 11 is 1.68. The molecule has 1 heterocycles. The molecule has 0 saturated carbocycles. The summed E-state index contributed by atoms with van der Waals surface area (Å²) in [6.45, 7) is 4.77. The summed E-state index contributed by atoms with van der Waals surface area (Å²) in [5.74, 6) is -0.189. The summed E-state index contributed by atoms with van der Waals surface area (Å²) in [4.78, 5) is 5.52. The van der Waals surface area contributed by atoms with Gasteiger partial charge >= 0.3 is 0 Å². The fourth-order valence-electron chi connectivity index (χ4n) is 1.70.